The maximum absolute atomic E-state index is 12.3. The van der Waals surface area contributed by atoms with Gasteiger partial charge < -0.3 is 15.0 Å². The molecule has 1 aliphatic carbocycles. The highest BCUT2D eigenvalue weighted by Gasteiger charge is 2.49. The van der Waals surface area contributed by atoms with Crippen molar-refractivity contribution in [3.05, 3.63) is 35.4 Å². The van der Waals surface area contributed by atoms with E-state index in [9.17, 15) is 9.59 Å². The van der Waals surface area contributed by atoms with E-state index >= 15 is 0 Å². The van der Waals surface area contributed by atoms with Crippen LogP contribution < -0.4 is 5.32 Å². The van der Waals surface area contributed by atoms with E-state index in [-0.39, 0.29) is 23.7 Å². The minimum atomic E-state index is -0.152. The summed E-state index contributed by atoms with van der Waals surface area (Å²) in [4.78, 5) is 26.2. The van der Waals surface area contributed by atoms with Crippen LogP contribution in [-0.2, 0) is 20.9 Å². The standard InChI is InChI=1S/C17H22N2O3/c1-12-2-4-13(5-3-12)11-18-16(20)14-10-15(14)17(21)19-6-8-22-9-7-19/h2-5,14-15H,6-11H2,1H3,(H,18,20). The highest BCUT2D eigenvalue weighted by atomic mass is 16.5. The Morgan fingerprint density at radius 1 is 1.18 bits per heavy atom. The number of hydrogen-bond acceptors (Lipinski definition) is 3. The Morgan fingerprint density at radius 2 is 1.86 bits per heavy atom. The summed E-state index contributed by atoms with van der Waals surface area (Å²) in [6.45, 7) is 5.05. The fourth-order valence-corrected chi connectivity index (χ4v) is 2.80. The molecule has 1 N–H and O–H groups in total. The Bertz CT molecular complexity index is 550. The van der Waals surface area contributed by atoms with E-state index in [4.69, 9.17) is 4.74 Å². The number of benzene rings is 1. The van der Waals surface area contributed by atoms with Crippen molar-refractivity contribution in [1.29, 1.82) is 0 Å². The molecule has 3 rings (SSSR count). The van der Waals surface area contributed by atoms with E-state index < -0.39 is 0 Å². The quantitative estimate of drug-likeness (QED) is 0.906. The van der Waals surface area contributed by atoms with Crippen molar-refractivity contribution in [2.24, 2.45) is 11.8 Å². The topological polar surface area (TPSA) is 58.6 Å². The van der Waals surface area contributed by atoms with Crippen LogP contribution in [0.25, 0.3) is 0 Å². The van der Waals surface area contributed by atoms with Gasteiger partial charge in [-0.15, -0.1) is 0 Å². The van der Waals surface area contributed by atoms with Crippen molar-refractivity contribution in [3.63, 3.8) is 0 Å². The highest BCUT2D eigenvalue weighted by molar-refractivity contribution is 5.92. The molecule has 1 aromatic carbocycles. The van der Waals surface area contributed by atoms with E-state index in [0.717, 1.165) is 5.56 Å². The lowest BCUT2D eigenvalue weighted by Gasteiger charge is -2.27. The van der Waals surface area contributed by atoms with Gasteiger partial charge in [-0.3, -0.25) is 9.59 Å². The molecule has 5 nitrogen and oxygen atoms in total. The summed E-state index contributed by atoms with van der Waals surface area (Å²) < 4.78 is 5.25. The molecule has 2 aliphatic rings. The molecule has 0 bridgehead atoms. The third-order valence-corrected chi connectivity index (χ3v) is 4.35. The molecule has 5 heteroatoms. The van der Waals surface area contributed by atoms with Gasteiger partial charge in [-0.05, 0) is 18.9 Å². The molecule has 2 atom stereocenters. The maximum atomic E-state index is 12.3. The fraction of sp³-hybridized carbons (Fsp3) is 0.529. The summed E-state index contributed by atoms with van der Waals surface area (Å²) in [6.07, 6.45) is 0.677. The number of nitrogens with one attached hydrogen (secondary N) is 1. The van der Waals surface area contributed by atoms with Gasteiger partial charge in [-0.1, -0.05) is 29.8 Å². The van der Waals surface area contributed by atoms with Gasteiger partial charge >= 0.3 is 0 Å². The number of rotatable bonds is 4. The summed E-state index contributed by atoms with van der Waals surface area (Å²) in [6, 6.07) is 8.09. The van der Waals surface area contributed by atoms with Crippen molar-refractivity contribution in [2.45, 2.75) is 19.9 Å². The first-order valence-corrected chi connectivity index (χ1v) is 7.85. The van der Waals surface area contributed by atoms with Crippen LogP contribution in [0, 0.1) is 18.8 Å². The molecule has 1 saturated carbocycles. The summed E-state index contributed by atoms with van der Waals surface area (Å²) in [7, 11) is 0. The van der Waals surface area contributed by atoms with Crippen LogP contribution in [0.4, 0.5) is 0 Å². The summed E-state index contributed by atoms with van der Waals surface area (Å²) in [5.74, 6) is -0.178. The van der Waals surface area contributed by atoms with E-state index in [1.807, 2.05) is 36.1 Å². The normalized spacial score (nSPS) is 24.0. The minimum absolute atomic E-state index is 0.00724. The summed E-state index contributed by atoms with van der Waals surface area (Å²) >= 11 is 0. The van der Waals surface area contributed by atoms with Gasteiger partial charge in [-0.2, -0.15) is 0 Å². The average Bonchev–Trinajstić information content (AvgIpc) is 3.35. The first kappa shape index (κ1) is 15.0. The molecular weight excluding hydrogens is 280 g/mol. The molecule has 1 aliphatic heterocycles. The first-order chi connectivity index (χ1) is 10.6. The number of ether oxygens (including phenoxy) is 1. The number of carbonyl (C=O) groups excluding carboxylic acids is 2. The van der Waals surface area contributed by atoms with E-state index in [1.165, 1.54) is 5.56 Å². The van der Waals surface area contributed by atoms with E-state index in [0.29, 0.717) is 39.3 Å². The molecule has 22 heavy (non-hydrogen) atoms. The zero-order chi connectivity index (χ0) is 15.5. The van der Waals surface area contributed by atoms with Crippen LogP contribution >= 0.6 is 0 Å². The summed E-state index contributed by atoms with van der Waals surface area (Å²) in [5, 5.41) is 2.93. The van der Waals surface area contributed by atoms with E-state index in [2.05, 4.69) is 5.32 Å². The van der Waals surface area contributed by atoms with Crippen LogP contribution in [0.5, 0.6) is 0 Å². The number of amides is 2. The largest absolute Gasteiger partial charge is 0.378 e. The lowest BCUT2D eigenvalue weighted by Crippen LogP contribution is -2.42. The van der Waals surface area contributed by atoms with Gasteiger partial charge in [0.05, 0.1) is 25.0 Å². The molecule has 1 aromatic rings. The molecule has 0 aromatic heterocycles. The van der Waals surface area contributed by atoms with Gasteiger partial charge in [0.1, 0.15) is 0 Å². The molecule has 0 radical (unpaired) electrons. The Hall–Kier alpha value is -1.88. The van der Waals surface area contributed by atoms with Crippen LogP contribution in [0.15, 0.2) is 24.3 Å². The number of carbonyl (C=O) groups is 2. The SMILES string of the molecule is Cc1ccc(CNC(=O)C2CC2C(=O)N2CCOCC2)cc1. The summed E-state index contributed by atoms with van der Waals surface area (Å²) in [5.41, 5.74) is 2.28. The third-order valence-electron chi connectivity index (χ3n) is 4.35. The molecule has 118 valence electrons. The minimum Gasteiger partial charge on any atom is -0.378 e. The van der Waals surface area contributed by atoms with Gasteiger partial charge in [-0.25, -0.2) is 0 Å². The molecule has 1 heterocycles. The molecule has 0 spiro atoms. The second-order valence-corrected chi connectivity index (χ2v) is 6.09. The number of morpholine rings is 1. The van der Waals surface area contributed by atoms with Crippen LogP contribution in [0.2, 0.25) is 0 Å². The van der Waals surface area contributed by atoms with Gasteiger partial charge in [0, 0.05) is 19.6 Å². The monoisotopic (exact) mass is 302 g/mol. The molecule has 2 fully saturated rings. The Labute approximate surface area is 130 Å². The highest BCUT2D eigenvalue weighted by Crippen LogP contribution is 2.40. The third kappa shape index (κ3) is 3.47. The first-order valence-electron chi connectivity index (χ1n) is 7.85. The van der Waals surface area contributed by atoms with Crippen molar-refractivity contribution in [1.82, 2.24) is 10.2 Å². The zero-order valence-corrected chi connectivity index (χ0v) is 12.9. The van der Waals surface area contributed by atoms with Gasteiger partial charge in [0.25, 0.3) is 0 Å². The molecule has 1 saturated heterocycles. The smallest absolute Gasteiger partial charge is 0.226 e. The van der Waals surface area contributed by atoms with Gasteiger partial charge in [0.2, 0.25) is 11.8 Å². The Kier molecular flexibility index (Phi) is 4.43. The fourth-order valence-electron chi connectivity index (χ4n) is 2.80. The number of nitrogens with zero attached hydrogens (tertiary/aromatic N) is 1. The van der Waals surface area contributed by atoms with E-state index in [1.54, 1.807) is 0 Å². The second kappa shape index (κ2) is 6.48. The predicted octanol–water partition coefficient (Wildman–Crippen LogP) is 1.11. The lowest BCUT2D eigenvalue weighted by atomic mass is 10.1. The molecule has 2 unspecified atom stereocenters. The number of hydrogen-bond donors (Lipinski definition) is 1. The Balaban J connectivity index is 1.46. The zero-order valence-electron chi connectivity index (χ0n) is 12.9. The molecular formula is C17H22N2O3. The van der Waals surface area contributed by atoms with Gasteiger partial charge in [0.15, 0.2) is 0 Å². The van der Waals surface area contributed by atoms with Crippen LogP contribution in [0.3, 0.4) is 0 Å². The Morgan fingerprint density at radius 3 is 2.55 bits per heavy atom. The van der Waals surface area contributed by atoms with Crippen LogP contribution in [-0.4, -0.2) is 43.0 Å². The predicted molar refractivity (Wildman–Crippen MR) is 82.0 cm³/mol. The number of aryl methyl sites for hydroxylation is 1. The lowest BCUT2D eigenvalue weighted by molar-refractivity contribution is -0.138. The second-order valence-electron chi connectivity index (χ2n) is 6.09. The van der Waals surface area contributed by atoms with Crippen molar-refractivity contribution in [3.8, 4) is 0 Å². The molecule has 2 amide bonds. The van der Waals surface area contributed by atoms with Crippen LogP contribution in [0.1, 0.15) is 17.5 Å². The van der Waals surface area contributed by atoms with Crippen molar-refractivity contribution in [2.75, 3.05) is 26.3 Å². The van der Waals surface area contributed by atoms with Crippen molar-refractivity contribution >= 4 is 11.8 Å². The van der Waals surface area contributed by atoms with Crippen molar-refractivity contribution < 1.29 is 14.3 Å². The average molecular weight is 302 g/mol. The maximum Gasteiger partial charge on any atom is 0.226 e.